The van der Waals surface area contributed by atoms with Crippen molar-refractivity contribution in [2.45, 2.75) is 38.0 Å². The van der Waals surface area contributed by atoms with Crippen LogP contribution in [-0.2, 0) is 16.6 Å². The average molecular weight is 343 g/mol. The standard InChI is InChI=1S/C15H19BrO4/c1-4-9-8-10(15(14(17)18)6-5-7-15)13(20-3)11(16)12(9)19-2/h8H,4-7H2,1-3H3,(H,17,18). The lowest BCUT2D eigenvalue weighted by Gasteiger charge is -2.39. The van der Waals surface area contributed by atoms with Gasteiger partial charge in [-0.05, 0) is 46.8 Å². The van der Waals surface area contributed by atoms with E-state index in [0.29, 0.717) is 28.8 Å². The van der Waals surface area contributed by atoms with Crippen molar-refractivity contribution in [3.8, 4) is 11.5 Å². The summed E-state index contributed by atoms with van der Waals surface area (Å²) >= 11 is 3.50. The van der Waals surface area contributed by atoms with Crippen molar-refractivity contribution < 1.29 is 19.4 Å². The molecule has 1 saturated carbocycles. The molecule has 1 aromatic carbocycles. The van der Waals surface area contributed by atoms with Crippen molar-refractivity contribution in [2.24, 2.45) is 0 Å². The molecule has 0 unspecified atom stereocenters. The molecule has 0 amide bonds. The summed E-state index contributed by atoms with van der Waals surface area (Å²) in [6.07, 6.45) is 3.01. The highest BCUT2D eigenvalue weighted by atomic mass is 79.9. The Labute approximate surface area is 127 Å². The van der Waals surface area contributed by atoms with E-state index in [1.54, 1.807) is 14.2 Å². The number of ether oxygens (including phenoxy) is 2. The van der Waals surface area contributed by atoms with Crippen molar-refractivity contribution >= 4 is 21.9 Å². The molecule has 1 fully saturated rings. The molecular weight excluding hydrogens is 324 g/mol. The third-order valence-electron chi connectivity index (χ3n) is 4.17. The molecule has 0 atom stereocenters. The minimum Gasteiger partial charge on any atom is -0.495 e. The zero-order chi connectivity index (χ0) is 14.9. The molecule has 20 heavy (non-hydrogen) atoms. The Kier molecular flexibility index (Phi) is 4.28. The number of hydrogen-bond donors (Lipinski definition) is 1. The fraction of sp³-hybridized carbons (Fsp3) is 0.533. The van der Waals surface area contributed by atoms with Gasteiger partial charge >= 0.3 is 5.97 Å². The highest BCUT2D eigenvalue weighted by molar-refractivity contribution is 9.10. The van der Waals surface area contributed by atoms with Crippen molar-refractivity contribution in [2.75, 3.05) is 14.2 Å². The minimum atomic E-state index is -0.815. The molecule has 0 saturated heterocycles. The van der Waals surface area contributed by atoms with Gasteiger partial charge in [-0.2, -0.15) is 0 Å². The van der Waals surface area contributed by atoms with E-state index in [0.717, 1.165) is 24.0 Å². The molecule has 4 nitrogen and oxygen atoms in total. The second kappa shape index (κ2) is 5.64. The lowest BCUT2D eigenvalue weighted by molar-refractivity contribution is -0.147. The number of carboxylic acid groups (broad SMARTS) is 1. The third-order valence-corrected chi connectivity index (χ3v) is 4.89. The van der Waals surface area contributed by atoms with Gasteiger partial charge in [-0.25, -0.2) is 0 Å². The highest BCUT2D eigenvalue weighted by Gasteiger charge is 2.48. The molecule has 0 radical (unpaired) electrons. The number of halogens is 1. The Hall–Kier alpha value is -1.23. The van der Waals surface area contributed by atoms with Crippen molar-refractivity contribution in [3.63, 3.8) is 0 Å². The summed E-state index contributed by atoms with van der Waals surface area (Å²) in [6.45, 7) is 2.02. The zero-order valence-corrected chi connectivity index (χ0v) is 13.5. The molecule has 5 heteroatoms. The number of methoxy groups -OCH3 is 2. The van der Waals surface area contributed by atoms with Crippen LogP contribution in [0.25, 0.3) is 0 Å². The Morgan fingerprint density at radius 3 is 2.30 bits per heavy atom. The van der Waals surface area contributed by atoms with Crippen LogP contribution in [0.1, 0.15) is 37.3 Å². The summed E-state index contributed by atoms with van der Waals surface area (Å²) in [4.78, 5) is 11.7. The van der Waals surface area contributed by atoms with E-state index in [2.05, 4.69) is 15.9 Å². The van der Waals surface area contributed by atoms with E-state index in [-0.39, 0.29) is 0 Å². The van der Waals surface area contributed by atoms with Gasteiger partial charge in [0, 0.05) is 5.56 Å². The predicted octanol–water partition coefficient (Wildman–Crippen LogP) is 3.54. The van der Waals surface area contributed by atoms with Gasteiger partial charge in [0.25, 0.3) is 0 Å². The zero-order valence-electron chi connectivity index (χ0n) is 12.0. The van der Waals surface area contributed by atoms with Gasteiger partial charge < -0.3 is 14.6 Å². The van der Waals surface area contributed by atoms with E-state index in [1.165, 1.54) is 0 Å². The molecule has 0 heterocycles. The Balaban J connectivity index is 2.69. The summed E-state index contributed by atoms with van der Waals surface area (Å²) in [7, 11) is 3.16. The second-order valence-electron chi connectivity index (χ2n) is 5.06. The fourth-order valence-electron chi connectivity index (χ4n) is 2.83. The van der Waals surface area contributed by atoms with Crippen molar-refractivity contribution in [1.29, 1.82) is 0 Å². The number of carbonyl (C=O) groups is 1. The molecule has 0 aliphatic heterocycles. The average Bonchev–Trinajstić information content (AvgIpc) is 2.36. The van der Waals surface area contributed by atoms with Gasteiger partial charge in [0.1, 0.15) is 16.0 Å². The van der Waals surface area contributed by atoms with Gasteiger partial charge in [-0.15, -0.1) is 0 Å². The molecule has 1 N–H and O–H groups in total. The molecule has 2 rings (SSSR count). The van der Waals surface area contributed by atoms with Crippen LogP contribution in [0.2, 0.25) is 0 Å². The smallest absolute Gasteiger partial charge is 0.314 e. The maximum absolute atomic E-state index is 11.7. The maximum atomic E-state index is 11.7. The Bertz CT molecular complexity index is 535. The first kappa shape index (κ1) is 15.2. The van der Waals surface area contributed by atoms with E-state index in [9.17, 15) is 9.90 Å². The first-order chi connectivity index (χ1) is 9.51. The minimum absolute atomic E-state index is 0.571. The van der Waals surface area contributed by atoms with Crippen LogP contribution in [0.4, 0.5) is 0 Å². The number of hydrogen-bond acceptors (Lipinski definition) is 3. The summed E-state index contributed by atoms with van der Waals surface area (Å²) < 4.78 is 11.6. The lowest BCUT2D eigenvalue weighted by atomic mass is 9.64. The van der Waals surface area contributed by atoms with Crippen LogP contribution in [-0.4, -0.2) is 25.3 Å². The van der Waals surface area contributed by atoms with Crippen LogP contribution in [0.15, 0.2) is 10.5 Å². The van der Waals surface area contributed by atoms with Crippen LogP contribution < -0.4 is 9.47 Å². The second-order valence-corrected chi connectivity index (χ2v) is 5.85. The molecule has 1 aliphatic carbocycles. The van der Waals surface area contributed by atoms with E-state index < -0.39 is 11.4 Å². The number of aryl methyl sites for hydroxylation is 1. The monoisotopic (exact) mass is 342 g/mol. The Morgan fingerprint density at radius 1 is 1.35 bits per heavy atom. The molecule has 0 aromatic heterocycles. The third kappa shape index (κ3) is 2.08. The molecule has 1 aliphatic rings. The summed E-state index contributed by atoms with van der Waals surface area (Å²) in [6, 6.07) is 1.93. The molecule has 0 spiro atoms. The number of carboxylic acids is 1. The SMILES string of the molecule is CCc1cc(C2(C(=O)O)CCC2)c(OC)c(Br)c1OC. The summed E-state index contributed by atoms with van der Waals surface area (Å²) in [5, 5.41) is 9.64. The Morgan fingerprint density at radius 2 is 1.95 bits per heavy atom. The number of rotatable bonds is 5. The van der Waals surface area contributed by atoms with Gasteiger partial charge in [0.05, 0.1) is 19.6 Å². The van der Waals surface area contributed by atoms with Gasteiger partial charge in [-0.3, -0.25) is 4.79 Å². The van der Waals surface area contributed by atoms with Crippen LogP contribution >= 0.6 is 15.9 Å². The van der Waals surface area contributed by atoms with Gasteiger partial charge in [0.15, 0.2) is 0 Å². The van der Waals surface area contributed by atoms with Crippen LogP contribution in [0.3, 0.4) is 0 Å². The predicted molar refractivity (Wildman–Crippen MR) is 79.8 cm³/mol. The highest BCUT2D eigenvalue weighted by Crippen LogP contribution is 2.52. The number of aliphatic carboxylic acids is 1. The van der Waals surface area contributed by atoms with Crippen molar-refractivity contribution in [1.82, 2.24) is 0 Å². The fourth-order valence-corrected chi connectivity index (χ4v) is 3.63. The van der Waals surface area contributed by atoms with E-state index >= 15 is 0 Å². The first-order valence-electron chi connectivity index (χ1n) is 6.69. The lowest BCUT2D eigenvalue weighted by Crippen LogP contribution is -2.42. The molecule has 0 bridgehead atoms. The van der Waals surface area contributed by atoms with E-state index in [4.69, 9.17) is 9.47 Å². The number of benzene rings is 1. The van der Waals surface area contributed by atoms with Gasteiger partial charge in [0.2, 0.25) is 0 Å². The largest absolute Gasteiger partial charge is 0.495 e. The van der Waals surface area contributed by atoms with Crippen molar-refractivity contribution in [3.05, 3.63) is 21.7 Å². The summed E-state index contributed by atoms with van der Waals surface area (Å²) in [5.41, 5.74) is 0.926. The topological polar surface area (TPSA) is 55.8 Å². The maximum Gasteiger partial charge on any atom is 0.314 e. The van der Waals surface area contributed by atoms with E-state index in [1.807, 2.05) is 13.0 Å². The molecule has 1 aromatic rings. The normalized spacial score (nSPS) is 16.4. The van der Waals surface area contributed by atoms with Crippen LogP contribution in [0.5, 0.6) is 11.5 Å². The van der Waals surface area contributed by atoms with Crippen LogP contribution in [0, 0.1) is 0 Å². The first-order valence-corrected chi connectivity index (χ1v) is 7.48. The summed E-state index contributed by atoms with van der Waals surface area (Å²) in [5.74, 6) is 0.510. The molecule has 110 valence electrons. The molecular formula is C15H19BrO4. The quantitative estimate of drug-likeness (QED) is 0.889. The van der Waals surface area contributed by atoms with Gasteiger partial charge in [-0.1, -0.05) is 13.3 Å².